The number of aryl methyl sites for hydroxylation is 1. The van der Waals surface area contributed by atoms with E-state index in [0.29, 0.717) is 0 Å². The largest absolute Gasteiger partial charge is 0.456 e. The summed E-state index contributed by atoms with van der Waals surface area (Å²) in [6.45, 7) is 8.97. The summed E-state index contributed by atoms with van der Waals surface area (Å²) < 4.78 is 24.2. The van der Waals surface area contributed by atoms with E-state index in [0.717, 1.165) is 102 Å². The Morgan fingerprint density at radius 1 is 0.512 bits per heavy atom. The number of fused-ring (bicyclic) bond motifs is 8. The minimum absolute atomic E-state index is 0.779. The fraction of sp³-hybridized carbons (Fsp3) is 0.257. The maximum Gasteiger partial charge on any atom is 0.139 e. The van der Waals surface area contributed by atoms with Crippen molar-refractivity contribution in [3.05, 3.63) is 72.3 Å². The van der Waals surface area contributed by atoms with Crippen LogP contribution in [-0.2, 0) is 9.47 Å². The van der Waals surface area contributed by atoms with Crippen molar-refractivity contribution >= 4 is 76.8 Å². The van der Waals surface area contributed by atoms with Crippen LogP contribution in [0.5, 0.6) is 0 Å². The quantitative estimate of drug-likeness (QED) is 0.222. The van der Waals surface area contributed by atoms with Crippen molar-refractivity contribution in [1.29, 1.82) is 0 Å². The van der Waals surface area contributed by atoms with Gasteiger partial charge in [-0.05, 0) is 83.1 Å². The van der Waals surface area contributed by atoms with Crippen LogP contribution in [0.15, 0.2) is 75.6 Å². The minimum atomic E-state index is 0.779. The highest BCUT2D eigenvalue weighted by Gasteiger charge is 2.20. The Kier molecular flexibility index (Phi) is 5.07. The lowest BCUT2D eigenvalue weighted by atomic mass is 10.00. The van der Waals surface area contributed by atoms with E-state index in [1.165, 1.54) is 32.9 Å². The van der Waals surface area contributed by atoms with Crippen LogP contribution in [0.1, 0.15) is 5.56 Å². The molecule has 0 N–H and O–H groups in total. The average molecular weight is 543 g/mol. The number of anilines is 2. The molecular weight excluding hydrogens is 512 g/mol. The molecule has 4 heterocycles. The van der Waals surface area contributed by atoms with Crippen LogP contribution in [0.2, 0.25) is 0 Å². The van der Waals surface area contributed by atoms with Gasteiger partial charge in [-0.25, -0.2) is 0 Å². The topological polar surface area (TPSA) is 51.2 Å². The van der Waals surface area contributed by atoms with Gasteiger partial charge in [-0.2, -0.15) is 0 Å². The Morgan fingerprint density at radius 3 is 1.68 bits per heavy atom. The second-order valence-corrected chi connectivity index (χ2v) is 11.4. The van der Waals surface area contributed by atoms with Gasteiger partial charge in [0.2, 0.25) is 0 Å². The predicted octanol–water partition coefficient (Wildman–Crippen LogP) is 7.77. The van der Waals surface area contributed by atoms with E-state index in [9.17, 15) is 0 Å². The van der Waals surface area contributed by atoms with Gasteiger partial charge in [-0.3, -0.25) is 0 Å². The first-order chi connectivity index (χ1) is 20.2. The van der Waals surface area contributed by atoms with Gasteiger partial charge in [0, 0.05) is 64.7 Å². The first kappa shape index (κ1) is 23.4. The van der Waals surface area contributed by atoms with Crippen molar-refractivity contribution < 1.29 is 18.3 Å². The molecule has 2 saturated heterocycles. The van der Waals surface area contributed by atoms with Crippen LogP contribution in [0.4, 0.5) is 11.4 Å². The maximum absolute atomic E-state index is 6.58. The average Bonchev–Trinajstić information content (AvgIpc) is 3.56. The zero-order valence-corrected chi connectivity index (χ0v) is 23.0. The first-order valence-electron chi connectivity index (χ1n) is 14.5. The van der Waals surface area contributed by atoms with E-state index in [4.69, 9.17) is 18.3 Å². The fourth-order valence-corrected chi connectivity index (χ4v) is 6.88. The highest BCUT2D eigenvalue weighted by atomic mass is 16.5. The molecule has 2 fully saturated rings. The van der Waals surface area contributed by atoms with Gasteiger partial charge in [-0.1, -0.05) is 12.1 Å². The van der Waals surface area contributed by atoms with E-state index < -0.39 is 0 Å². The summed E-state index contributed by atoms with van der Waals surface area (Å²) in [6.07, 6.45) is 0. The fourth-order valence-electron chi connectivity index (χ4n) is 6.88. The number of morpholine rings is 2. The van der Waals surface area contributed by atoms with Crippen molar-refractivity contribution in [3.63, 3.8) is 0 Å². The number of ether oxygens (including phenoxy) is 2. The maximum atomic E-state index is 6.58. The Morgan fingerprint density at radius 2 is 1.07 bits per heavy atom. The van der Waals surface area contributed by atoms with Crippen LogP contribution in [-0.4, -0.2) is 52.6 Å². The number of hydrogen-bond donors (Lipinski definition) is 0. The lowest BCUT2D eigenvalue weighted by Gasteiger charge is -2.29. The molecule has 5 aromatic carbocycles. The molecule has 9 rings (SSSR count). The second-order valence-electron chi connectivity index (χ2n) is 11.4. The Labute approximate surface area is 236 Å². The lowest BCUT2D eigenvalue weighted by Crippen LogP contribution is -2.36. The molecule has 0 aliphatic carbocycles. The van der Waals surface area contributed by atoms with E-state index >= 15 is 0 Å². The molecular formula is C35H30N2O4. The number of rotatable bonds is 2. The summed E-state index contributed by atoms with van der Waals surface area (Å²) in [4.78, 5) is 4.78. The third-order valence-corrected chi connectivity index (χ3v) is 9.07. The Hall–Kier alpha value is -4.26. The number of hydrogen-bond acceptors (Lipinski definition) is 6. The molecule has 0 unspecified atom stereocenters. The van der Waals surface area contributed by atoms with Crippen molar-refractivity contribution in [2.45, 2.75) is 6.92 Å². The van der Waals surface area contributed by atoms with Gasteiger partial charge in [0.25, 0.3) is 0 Å². The zero-order chi connectivity index (χ0) is 27.1. The highest BCUT2D eigenvalue weighted by molar-refractivity contribution is 6.20. The molecule has 2 aliphatic rings. The van der Waals surface area contributed by atoms with Gasteiger partial charge < -0.3 is 28.1 Å². The number of furan rings is 2. The van der Waals surface area contributed by atoms with Crippen LogP contribution in [0.25, 0.3) is 65.4 Å². The van der Waals surface area contributed by atoms with Crippen molar-refractivity contribution in [2.24, 2.45) is 0 Å². The van der Waals surface area contributed by atoms with Crippen LogP contribution >= 0.6 is 0 Å². The normalized spacial score (nSPS) is 16.8. The van der Waals surface area contributed by atoms with Gasteiger partial charge in [0.05, 0.1) is 26.4 Å². The van der Waals surface area contributed by atoms with E-state index in [-0.39, 0.29) is 0 Å². The summed E-state index contributed by atoms with van der Waals surface area (Å²) in [5.74, 6) is 0. The number of benzene rings is 5. The molecule has 0 amide bonds. The number of nitrogens with zero attached hydrogens (tertiary/aromatic N) is 2. The van der Waals surface area contributed by atoms with E-state index in [1.54, 1.807) is 0 Å². The van der Waals surface area contributed by atoms with E-state index in [1.807, 2.05) is 0 Å². The summed E-state index contributed by atoms with van der Waals surface area (Å²) >= 11 is 0. The summed E-state index contributed by atoms with van der Waals surface area (Å²) in [5.41, 5.74) is 7.25. The van der Waals surface area contributed by atoms with Crippen molar-refractivity contribution in [3.8, 4) is 0 Å². The first-order valence-corrected chi connectivity index (χ1v) is 14.5. The molecule has 6 heteroatoms. The molecule has 0 atom stereocenters. The monoisotopic (exact) mass is 542 g/mol. The SMILES string of the molecule is Cc1c2oc3cc4cc(N5CCOCC5)ccc4cc3c2cc2oc3cc4cc(N5CCOCC5)ccc4cc3c12. The molecule has 6 nitrogen and oxygen atoms in total. The van der Waals surface area contributed by atoms with Crippen molar-refractivity contribution in [1.82, 2.24) is 0 Å². The summed E-state index contributed by atoms with van der Waals surface area (Å²) in [7, 11) is 0. The molecule has 0 bridgehead atoms. The molecule has 0 radical (unpaired) electrons. The third kappa shape index (κ3) is 3.64. The predicted molar refractivity (Wildman–Crippen MR) is 167 cm³/mol. The molecule has 7 aromatic rings. The van der Waals surface area contributed by atoms with Crippen LogP contribution in [0.3, 0.4) is 0 Å². The van der Waals surface area contributed by atoms with Gasteiger partial charge in [0.15, 0.2) is 0 Å². The van der Waals surface area contributed by atoms with Gasteiger partial charge in [0.1, 0.15) is 22.3 Å². The molecule has 2 aliphatic heterocycles. The summed E-state index contributed by atoms with van der Waals surface area (Å²) in [6, 6.07) is 24.5. The Balaban J connectivity index is 1.19. The molecule has 0 spiro atoms. The molecule has 2 aromatic heterocycles. The van der Waals surface area contributed by atoms with Crippen molar-refractivity contribution in [2.75, 3.05) is 62.4 Å². The lowest BCUT2D eigenvalue weighted by molar-refractivity contribution is 0.122. The standard InChI is InChI=1S/C35H30N2O4/c1-21-34-30-17-23-3-5-27(37-8-12-39-13-9-37)15-25(23)19-32(30)40-33(34)20-29-28-16-22-2-4-26(36-6-10-38-11-7-36)14-24(22)18-31(28)41-35(21)29/h2-5,14-20H,6-13H2,1H3. The molecule has 0 saturated carbocycles. The second kappa shape index (κ2) is 8.87. The summed E-state index contributed by atoms with van der Waals surface area (Å²) in [5, 5.41) is 9.28. The minimum Gasteiger partial charge on any atom is -0.456 e. The molecule has 204 valence electrons. The van der Waals surface area contributed by atoms with Crippen LogP contribution < -0.4 is 9.80 Å². The third-order valence-electron chi connectivity index (χ3n) is 9.07. The zero-order valence-electron chi connectivity index (χ0n) is 23.0. The smallest absolute Gasteiger partial charge is 0.139 e. The highest BCUT2D eigenvalue weighted by Crippen LogP contribution is 2.42. The van der Waals surface area contributed by atoms with Gasteiger partial charge >= 0.3 is 0 Å². The van der Waals surface area contributed by atoms with Gasteiger partial charge in [-0.15, -0.1) is 0 Å². The Bertz CT molecular complexity index is 2110. The molecule has 41 heavy (non-hydrogen) atoms. The van der Waals surface area contributed by atoms with E-state index in [2.05, 4.69) is 83.5 Å². The van der Waals surface area contributed by atoms with Crippen LogP contribution in [0, 0.1) is 6.92 Å².